The van der Waals surface area contributed by atoms with Gasteiger partial charge in [0.15, 0.2) is 11.0 Å². The molecule has 0 aliphatic heterocycles. The third-order valence-electron chi connectivity index (χ3n) is 4.11. The van der Waals surface area contributed by atoms with Crippen LogP contribution in [-0.4, -0.2) is 44.6 Å². The summed E-state index contributed by atoms with van der Waals surface area (Å²) in [5, 5.41) is 11.9. The number of amides is 1. The molecule has 1 unspecified atom stereocenters. The van der Waals surface area contributed by atoms with Crippen molar-refractivity contribution in [3.8, 4) is 11.4 Å². The lowest BCUT2D eigenvalue weighted by Gasteiger charge is -2.14. The van der Waals surface area contributed by atoms with Gasteiger partial charge in [-0.3, -0.25) is 14.3 Å². The molecule has 0 radical (unpaired) electrons. The number of carbonyl (C=O) groups excluding carboxylic acids is 1. The van der Waals surface area contributed by atoms with E-state index < -0.39 is 0 Å². The quantitative estimate of drug-likeness (QED) is 0.587. The molecule has 2 heterocycles. The van der Waals surface area contributed by atoms with Crippen LogP contribution in [0.15, 0.2) is 53.9 Å². The van der Waals surface area contributed by atoms with Crippen LogP contribution in [0.3, 0.4) is 0 Å². The van der Waals surface area contributed by atoms with Crippen molar-refractivity contribution in [2.75, 3.05) is 19.0 Å². The van der Waals surface area contributed by atoms with Gasteiger partial charge in [-0.1, -0.05) is 23.9 Å². The first-order chi connectivity index (χ1) is 13.6. The summed E-state index contributed by atoms with van der Waals surface area (Å²) in [4.78, 5) is 16.7. The second kappa shape index (κ2) is 9.48. The summed E-state index contributed by atoms with van der Waals surface area (Å²) >= 11 is 1.37. The monoisotopic (exact) mass is 397 g/mol. The van der Waals surface area contributed by atoms with Crippen molar-refractivity contribution in [2.45, 2.75) is 30.8 Å². The van der Waals surface area contributed by atoms with E-state index in [-0.39, 0.29) is 11.2 Å². The van der Waals surface area contributed by atoms with Crippen LogP contribution in [-0.2, 0) is 16.1 Å². The van der Waals surface area contributed by atoms with E-state index in [0.29, 0.717) is 18.3 Å². The highest BCUT2D eigenvalue weighted by molar-refractivity contribution is 8.00. The Morgan fingerprint density at radius 3 is 2.75 bits per heavy atom. The normalized spacial score (nSPS) is 12.0. The van der Waals surface area contributed by atoms with Crippen LogP contribution in [0.25, 0.3) is 11.4 Å². The molecule has 146 valence electrons. The maximum atomic E-state index is 12.6. The molecule has 0 fully saturated rings. The largest absolute Gasteiger partial charge is 0.383 e. The first-order valence-electron chi connectivity index (χ1n) is 8.95. The van der Waals surface area contributed by atoms with Crippen molar-refractivity contribution >= 4 is 23.4 Å². The number of hydrogen-bond acceptors (Lipinski definition) is 6. The van der Waals surface area contributed by atoms with Gasteiger partial charge in [-0.2, -0.15) is 0 Å². The minimum Gasteiger partial charge on any atom is -0.383 e. The Morgan fingerprint density at radius 2 is 2.04 bits per heavy atom. The average molecular weight is 398 g/mol. The minimum atomic E-state index is -0.337. The average Bonchev–Trinajstić information content (AvgIpc) is 3.09. The molecule has 0 bridgehead atoms. The van der Waals surface area contributed by atoms with Crippen molar-refractivity contribution < 1.29 is 9.53 Å². The molecule has 0 spiro atoms. The van der Waals surface area contributed by atoms with E-state index in [1.807, 2.05) is 54.8 Å². The predicted octanol–water partition coefficient (Wildman–Crippen LogP) is 3.41. The van der Waals surface area contributed by atoms with Gasteiger partial charge in [0, 0.05) is 30.8 Å². The lowest BCUT2D eigenvalue weighted by atomic mass is 10.2. The summed E-state index contributed by atoms with van der Waals surface area (Å²) in [5.41, 5.74) is 2.80. The molecule has 3 rings (SSSR count). The van der Waals surface area contributed by atoms with Gasteiger partial charge in [0.1, 0.15) is 0 Å². The summed E-state index contributed by atoms with van der Waals surface area (Å²) in [6.45, 7) is 4.97. The number of carbonyl (C=O) groups is 1. The number of aryl methyl sites for hydroxylation is 1. The van der Waals surface area contributed by atoms with Crippen molar-refractivity contribution in [3.05, 3.63) is 54.4 Å². The Kier molecular flexibility index (Phi) is 6.78. The molecule has 8 heteroatoms. The standard InChI is InChI=1S/C20H23N5O2S/c1-14-5-4-6-17(13-14)22-19(26)15(2)28-20-24-23-18(25(20)11-12-27-3)16-7-9-21-10-8-16/h4-10,13,15H,11-12H2,1-3H3,(H,22,26). The highest BCUT2D eigenvalue weighted by Gasteiger charge is 2.21. The van der Waals surface area contributed by atoms with Crippen LogP contribution in [0.5, 0.6) is 0 Å². The van der Waals surface area contributed by atoms with Gasteiger partial charge < -0.3 is 10.1 Å². The first-order valence-corrected chi connectivity index (χ1v) is 9.83. The number of anilines is 1. The van der Waals surface area contributed by atoms with Crippen molar-refractivity contribution in [1.29, 1.82) is 0 Å². The first kappa shape index (κ1) is 20.0. The fourth-order valence-corrected chi connectivity index (χ4v) is 3.53. The van der Waals surface area contributed by atoms with E-state index in [2.05, 4.69) is 20.5 Å². The van der Waals surface area contributed by atoms with E-state index in [9.17, 15) is 4.79 Å². The molecule has 1 atom stereocenters. The van der Waals surface area contributed by atoms with Crippen molar-refractivity contribution in [2.24, 2.45) is 0 Å². The van der Waals surface area contributed by atoms with Gasteiger partial charge in [-0.15, -0.1) is 10.2 Å². The SMILES string of the molecule is COCCn1c(SC(C)C(=O)Nc2cccc(C)c2)nnc1-c1ccncc1. The zero-order chi connectivity index (χ0) is 19.9. The number of methoxy groups -OCH3 is 1. The topological polar surface area (TPSA) is 81.9 Å². The van der Waals surface area contributed by atoms with Gasteiger partial charge in [0.2, 0.25) is 5.91 Å². The number of pyridine rings is 1. The smallest absolute Gasteiger partial charge is 0.237 e. The molecule has 1 amide bonds. The molecular weight excluding hydrogens is 374 g/mol. The molecule has 3 aromatic rings. The third-order valence-corrected chi connectivity index (χ3v) is 5.19. The molecule has 0 saturated carbocycles. The molecule has 0 aliphatic carbocycles. The van der Waals surface area contributed by atoms with Crippen molar-refractivity contribution in [3.63, 3.8) is 0 Å². The van der Waals surface area contributed by atoms with Crippen LogP contribution < -0.4 is 5.32 Å². The molecule has 1 aromatic carbocycles. The molecule has 2 aromatic heterocycles. The predicted molar refractivity (Wildman–Crippen MR) is 110 cm³/mol. The number of nitrogens with one attached hydrogen (secondary N) is 1. The fourth-order valence-electron chi connectivity index (χ4n) is 2.65. The van der Waals surface area contributed by atoms with Crippen LogP contribution in [0, 0.1) is 6.92 Å². The Bertz CT molecular complexity index is 929. The molecule has 0 aliphatic rings. The lowest BCUT2D eigenvalue weighted by molar-refractivity contribution is -0.115. The van der Waals surface area contributed by atoms with Gasteiger partial charge >= 0.3 is 0 Å². The highest BCUT2D eigenvalue weighted by atomic mass is 32.2. The fraction of sp³-hybridized carbons (Fsp3) is 0.300. The van der Waals surface area contributed by atoms with Gasteiger partial charge in [-0.05, 0) is 43.7 Å². The number of thioether (sulfide) groups is 1. The Hall–Kier alpha value is -2.71. The molecular formula is C20H23N5O2S. The number of aromatic nitrogens is 4. The Morgan fingerprint density at radius 1 is 1.25 bits per heavy atom. The minimum absolute atomic E-state index is 0.0812. The lowest BCUT2D eigenvalue weighted by Crippen LogP contribution is -2.23. The maximum absolute atomic E-state index is 12.6. The summed E-state index contributed by atoms with van der Waals surface area (Å²) in [6.07, 6.45) is 3.44. The summed E-state index contributed by atoms with van der Waals surface area (Å²) < 4.78 is 7.20. The van der Waals surface area contributed by atoms with E-state index in [1.54, 1.807) is 19.5 Å². The molecule has 1 N–H and O–H groups in total. The number of nitrogens with zero attached hydrogens (tertiary/aromatic N) is 4. The van der Waals surface area contributed by atoms with Crippen LogP contribution in [0.1, 0.15) is 12.5 Å². The van der Waals surface area contributed by atoms with E-state index in [4.69, 9.17) is 4.74 Å². The number of benzene rings is 1. The summed E-state index contributed by atoms with van der Waals surface area (Å²) in [6, 6.07) is 11.5. The zero-order valence-electron chi connectivity index (χ0n) is 16.1. The van der Waals surface area contributed by atoms with E-state index >= 15 is 0 Å². The molecule has 7 nitrogen and oxygen atoms in total. The van der Waals surface area contributed by atoms with E-state index in [0.717, 1.165) is 22.6 Å². The van der Waals surface area contributed by atoms with Gasteiger partial charge in [0.05, 0.1) is 18.4 Å². The second-order valence-corrected chi connectivity index (χ2v) is 7.61. The van der Waals surface area contributed by atoms with Crippen LogP contribution >= 0.6 is 11.8 Å². The molecule has 28 heavy (non-hydrogen) atoms. The Labute approximate surface area is 168 Å². The zero-order valence-corrected chi connectivity index (χ0v) is 16.9. The Balaban J connectivity index is 1.77. The van der Waals surface area contributed by atoms with Crippen molar-refractivity contribution in [1.82, 2.24) is 19.7 Å². The number of hydrogen-bond donors (Lipinski definition) is 1. The third kappa shape index (κ3) is 4.96. The van der Waals surface area contributed by atoms with Gasteiger partial charge in [-0.25, -0.2) is 0 Å². The van der Waals surface area contributed by atoms with E-state index in [1.165, 1.54) is 11.8 Å². The highest BCUT2D eigenvalue weighted by Crippen LogP contribution is 2.27. The van der Waals surface area contributed by atoms with Gasteiger partial charge in [0.25, 0.3) is 0 Å². The summed E-state index contributed by atoms with van der Waals surface area (Å²) in [5.74, 6) is 0.649. The summed E-state index contributed by atoms with van der Waals surface area (Å²) in [7, 11) is 1.65. The number of rotatable bonds is 8. The number of ether oxygens (including phenoxy) is 1. The van der Waals surface area contributed by atoms with Crippen LogP contribution in [0.2, 0.25) is 0 Å². The maximum Gasteiger partial charge on any atom is 0.237 e. The second-order valence-electron chi connectivity index (χ2n) is 6.31. The molecule has 0 saturated heterocycles. The van der Waals surface area contributed by atoms with Crippen LogP contribution in [0.4, 0.5) is 5.69 Å².